The summed E-state index contributed by atoms with van der Waals surface area (Å²) < 4.78 is 0. The van der Waals surface area contributed by atoms with Crippen molar-refractivity contribution in [2.24, 2.45) is 0 Å². The minimum atomic E-state index is -0.135. The van der Waals surface area contributed by atoms with Crippen molar-refractivity contribution in [1.82, 2.24) is 9.97 Å². The molecule has 260 valence electrons. The molecule has 10 rings (SSSR count). The Bertz CT molecular complexity index is 2870. The lowest BCUT2D eigenvalue weighted by Crippen LogP contribution is -2.15. The van der Waals surface area contributed by atoms with Crippen LogP contribution in [0.1, 0.15) is 25.0 Å². The molecule has 0 spiro atoms. The highest BCUT2D eigenvalue weighted by atomic mass is 14.9. The molecule has 2 nitrogen and oxygen atoms in total. The molecule has 0 atom stereocenters. The van der Waals surface area contributed by atoms with Crippen LogP contribution in [0.2, 0.25) is 0 Å². The molecule has 0 bridgehead atoms. The van der Waals surface area contributed by atoms with E-state index in [1.807, 2.05) is 18.2 Å². The van der Waals surface area contributed by atoms with Crippen LogP contribution in [0.5, 0.6) is 0 Å². The van der Waals surface area contributed by atoms with Gasteiger partial charge in [0.15, 0.2) is 5.82 Å². The lowest BCUT2D eigenvalue weighted by Gasteiger charge is -2.23. The number of nitrogens with zero attached hydrogens (tertiary/aromatic N) is 2. The van der Waals surface area contributed by atoms with Crippen LogP contribution >= 0.6 is 0 Å². The largest absolute Gasteiger partial charge is 0.228 e. The van der Waals surface area contributed by atoms with Crippen LogP contribution in [-0.2, 0) is 5.41 Å². The topological polar surface area (TPSA) is 25.8 Å². The van der Waals surface area contributed by atoms with E-state index in [1.165, 1.54) is 55.5 Å². The van der Waals surface area contributed by atoms with E-state index in [4.69, 9.17) is 9.97 Å². The number of fused-ring (bicyclic) bond motifs is 4. The Morgan fingerprint density at radius 2 is 0.764 bits per heavy atom. The first-order valence-electron chi connectivity index (χ1n) is 19.0. The Hall–Kier alpha value is -6.90. The van der Waals surface area contributed by atoms with E-state index in [2.05, 4.69) is 190 Å². The van der Waals surface area contributed by atoms with Gasteiger partial charge in [-0.05, 0) is 90.7 Å². The maximum Gasteiger partial charge on any atom is 0.160 e. The number of hydrogen-bond donors (Lipinski definition) is 0. The maximum absolute atomic E-state index is 5.24. The molecular weight excluding hydrogens is 665 g/mol. The molecule has 1 aliphatic carbocycles. The minimum absolute atomic E-state index is 0.135. The molecule has 0 saturated carbocycles. The summed E-state index contributed by atoms with van der Waals surface area (Å²) in [5, 5.41) is 2.37. The molecule has 2 heteroatoms. The van der Waals surface area contributed by atoms with Gasteiger partial charge in [0.1, 0.15) is 0 Å². The first-order valence-corrected chi connectivity index (χ1v) is 19.0. The molecule has 1 heterocycles. The fraction of sp³-hybridized carbons (Fsp3) is 0.0566. The number of benzene rings is 8. The predicted molar refractivity (Wildman–Crippen MR) is 230 cm³/mol. The Labute approximate surface area is 322 Å². The van der Waals surface area contributed by atoms with Crippen molar-refractivity contribution in [3.8, 4) is 78.4 Å². The summed E-state index contributed by atoms with van der Waals surface area (Å²) in [6.45, 7) is 4.73. The highest BCUT2D eigenvalue weighted by Gasteiger charge is 2.36. The van der Waals surface area contributed by atoms with Crippen molar-refractivity contribution in [3.63, 3.8) is 0 Å². The van der Waals surface area contributed by atoms with E-state index >= 15 is 0 Å². The molecule has 1 aromatic heterocycles. The molecule has 0 unspecified atom stereocenters. The van der Waals surface area contributed by atoms with Crippen LogP contribution in [-0.4, -0.2) is 9.97 Å². The molecule has 8 aromatic carbocycles. The highest BCUT2D eigenvalue weighted by Crippen LogP contribution is 2.51. The lowest BCUT2D eigenvalue weighted by molar-refractivity contribution is 0.661. The molecule has 0 amide bonds. The lowest BCUT2D eigenvalue weighted by atomic mass is 9.80. The Balaban J connectivity index is 1.09. The second-order valence-corrected chi connectivity index (χ2v) is 15.0. The third-order valence-electron chi connectivity index (χ3n) is 11.3. The van der Waals surface area contributed by atoms with Crippen LogP contribution in [0.3, 0.4) is 0 Å². The predicted octanol–water partition coefficient (Wildman–Crippen LogP) is 13.9. The van der Waals surface area contributed by atoms with Crippen molar-refractivity contribution in [3.05, 3.63) is 205 Å². The van der Waals surface area contributed by atoms with Crippen LogP contribution in [0.15, 0.2) is 194 Å². The monoisotopic (exact) mass is 702 g/mol. The third-order valence-corrected chi connectivity index (χ3v) is 11.3. The van der Waals surface area contributed by atoms with Crippen LogP contribution in [0.25, 0.3) is 89.2 Å². The van der Waals surface area contributed by atoms with E-state index in [-0.39, 0.29) is 5.41 Å². The van der Waals surface area contributed by atoms with Gasteiger partial charge in [0.2, 0.25) is 0 Å². The number of rotatable bonds is 6. The zero-order chi connectivity index (χ0) is 36.9. The molecular formula is C53H38N2. The Kier molecular flexibility index (Phi) is 7.85. The fourth-order valence-electron chi connectivity index (χ4n) is 8.43. The smallest absolute Gasteiger partial charge is 0.160 e. The molecule has 0 radical (unpaired) electrons. The molecule has 0 aliphatic heterocycles. The summed E-state index contributed by atoms with van der Waals surface area (Å²) in [4.78, 5) is 10.4. The van der Waals surface area contributed by atoms with Crippen LogP contribution in [0, 0.1) is 0 Å². The molecule has 9 aromatic rings. The summed E-state index contributed by atoms with van der Waals surface area (Å²) in [5.74, 6) is 0.710. The van der Waals surface area contributed by atoms with Crippen LogP contribution < -0.4 is 0 Å². The van der Waals surface area contributed by atoms with Gasteiger partial charge in [-0.1, -0.05) is 184 Å². The van der Waals surface area contributed by atoms with Crippen molar-refractivity contribution in [2.75, 3.05) is 0 Å². The summed E-state index contributed by atoms with van der Waals surface area (Å²) in [5.41, 5.74) is 17.5. The summed E-state index contributed by atoms with van der Waals surface area (Å²) in [7, 11) is 0. The van der Waals surface area contributed by atoms with E-state index < -0.39 is 0 Å². The summed E-state index contributed by atoms with van der Waals surface area (Å²) in [6.07, 6.45) is 0. The normalized spacial score (nSPS) is 12.7. The number of hydrogen-bond acceptors (Lipinski definition) is 2. The van der Waals surface area contributed by atoms with Gasteiger partial charge in [0.05, 0.1) is 11.4 Å². The average Bonchev–Trinajstić information content (AvgIpc) is 3.48. The van der Waals surface area contributed by atoms with Gasteiger partial charge in [-0.3, -0.25) is 0 Å². The van der Waals surface area contributed by atoms with Crippen molar-refractivity contribution >= 4 is 10.8 Å². The third kappa shape index (κ3) is 5.75. The van der Waals surface area contributed by atoms with Gasteiger partial charge >= 0.3 is 0 Å². The maximum atomic E-state index is 5.24. The molecule has 0 N–H and O–H groups in total. The highest BCUT2D eigenvalue weighted by molar-refractivity contribution is 6.05. The van der Waals surface area contributed by atoms with Gasteiger partial charge < -0.3 is 0 Å². The first kappa shape index (κ1) is 32.7. The zero-order valence-corrected chi connectivity index (χ0v) is 30.9. The van der Waals surface area contributed by atoms with Gasteiger partial charge in [-0.15, -0.1) is 0 Å². The van der Waals surface area contributed by atoms with E-state index in [0.29, 0.717) is 5.82 Å². The van der Waals surface area contributed by atoms with Gasteiger partial charge in [-0.25, -0.2) is 9.97 Å². The standard InChI is InChI=1S/C53H38N2/c1-53(2)48-32-39(36-17-8-4-9-18-36)25-27-45(48)46-28-26-40(33-49(46)53)42-29-30-47(44-24-13-12-23-43(42)44)51-34-50(54-52(55-51)37-19-10-5-11-20-37)41-22-14-21-38(31-41)35-15-6-3-7-16-35/h3-34H,1-2H3. The summed E-state index contributed by atoms with van der Waals surface area (Å²) in [6, 6.07) is 69.6. The Morgan fingerprint density at radius 3 is 1.42 bits per heavy atom. The molecule has 1 aliphatic rings. The van der Waals surface area contributed by atoms with Crippen molar-refractivity contribution < 1.29 is 0 Å². The second kappa shape index (κ2) is 13.2. The van der Waals surface area contributed by atoms with Gasteiger partial charge in [0.25, 0.3) is 0 Å². The van der Waals surface area contributed by atoms with Crippen molar-refractivity contribution in [2.45, 2.75) is 19.3 Å². The molecule has 0 fully saturated rings. The Morgan fingerprint density at radius 1 is 0.309 bits per heavy atom. The fourth-order valence-corrected chi connectivity index (χ4v) is 8.43. The second-order valence-electron chi connectivity index (χ2n) is 15.0. The first-order chi connectivity index (χ1) is 27.0. The van der Waals surface area contributed by atoms with Crippen LogP contribution in [0.4, 0.5) is 0 Å². The van der Waals surface area contributed by atoms with Crippen molar-refractivity contribution in [1.29, 1.82) is 0 Å². The zero-order valence-electron chi connectivity index (χ0n) is 30.9. The molecule has 55 heavy (non-hydrogen) atoms. The average molecular weight is 703 g/mol. The number of aromatic nitrogens is 2. The summed E-state index contributed by atoms with van der Waals surface area (Å²) >= 11 is 0. The van der Waals surface area contributed by atoms with E-state index in [0.717, 1.165) is 39.0 Å². The van der Waals surface area contributed by atoms with E-state index in [1.54, 1.807) is 0 Å². The van der Waals surface area contributed by atoms with Gasteiger partial charge in [0, 0.05) is 22.1 Å². The SMILES string of the molecule is CC1(C)c2cc(-c3ccccc3)ccc2-c2ccc(-c3ccc(-c4cc(-c5cccc(-c6ccccc6)c5)nc(-c5ccccc5)n4)c4ccccc34)cc21. The van der Waals surface area contributed by atoms with Gasteiger partial charge in [-0.2, -0.15) is 0 Å². The van der Waals surface area contributed by atoms with E-state index in [9.17, 15) is 0 Å². The minimum Gasteiger partial charge on any atom is -0.228 e. The quantitative estimate of drug-likeness (QED) is 0.172. The molecule has 0 saturated heterocycles.